The highest BCUT2D eigenvalue weighted by atomic mass is 35.5. The van der Waals surface area contributed by atoms with Gasteiger partial charge in [0.05, 0.1) is 15.7 Å². The Morgan fingerprint density at radius 1 is 1.00 bits per heavy atom. The molecule has 0 spiro atoms. The summed E-state index contributed by atoms with van der Waals surface area (Å²) >= 11 is 12.0. The Bertz CT molecular complexity index is 944. The van der Waals surface area contributed by atoms with Crippen LogP contribution in [-0.4, -0.2) is 16.7 Å². The standard InChI is InChI=1S/C18H11Cl2F2NO2/c19-14-9-15(20)17(24)16-13(14)8-5-11(23-16)4-1-10-2-6-12(7-3-10)25-18(21)22/h1-9,18,24H. The van der Waals surface area contributed by atoms with Gasteiger partial charge in [0.1, 0.15) is 11.3 Å². The zero-order valence-electron chi connectivity index (χ0n) is 12.6. The molecule has 0 aliphatic heterocycles. The van der Waals surface area contributed by atoms with E-state index in [9.17, 15) is 13.9 Å². The molecule has 3 aromatic rings. The topological polar surface area (TPSA) is 42.4 Å². The highest BCUT2D eigenvalue weighted by Gasteiger charge is 2.10. The number of aromatic nitrogens is 1. The van der Waals surface area contributed by atoms with Crippen LogP contribution in [0.1, 0.15) is 11.3 Å². The number of fused-ring (bicyclic) bond motifs is 1. The first-order valence-corrected chi connectivity index (χ1v) is 7.90. The van der Waals surface area contributed by atoms with E-state index in [0.717, 1.165) is 5.56 Å². The first-order chi connectivity index (χ1) is 11.9. The zero-order chi connectivity index (χ0) is 18.0. The van der Waals surface area contributed by atoms with Crippen molar-refractivity contribution in [1.82, 2.24) is 4.98 Å². The molecule has 3 rings (SSSR count). The van der Waals surface area contributed by atoms with Gasteiger partial charge >= 0.3 is 6.61 Å². The number of benzene rings is 2. The van der Waals surface area contributed by atoms with Gasteiger partial charge in [0.25, 0.3) is 0 Å². The maximum atomic E-state index is 12.1. The maximum Gasteiger partial charge on any atom is 0.387 e. The lowest BCUT2D eigenvalue weighted by molar-refractivity contribution is -0.0498. The minimum atomic E-state index is -2.85. The summed E-state index contributed by atoms with van der Waals surface area (Å²) in [6.07, 6.45) is 3.47. The third kappa shape index (κ3) is 4.00. The Morgan fingerprint density at radius 2 is 1.72 bits per heavy atom. The quantitative estimate of drug-likeness (QED) is 0.600. The van der Waals surface area contributed by atoms with E-state index < -0.39 is 6.61 Å². The molecule has 0 fully saturated rings. The Hall–Kier alpha value is -2.37. The third-order valence-electron chi connectivity index (χ3n) is 3.43. The zero-order valence-corrected chi connectivity index (χ0v) is 14.1. The van der Waals surface area contributed by atoms with E-state index in [4.69, 9.17) is 23.2 Å². The highest BCUT2D eigenvalue weighted by molar-refractivity contribution is 6.39. The van der Waals surface area contributed by atoms with Crippen molar-refractivity contribution in [3.05, 3.63) is 63.8 Å². The molecule has 0 saturated carbocycles. The van der Waals surface area contributed by atoms with Gasteiger partial charge in [-0.15, -0.1) is 0 Å². The number of hydrogen-bond donors (Lipinski definition) is 1. The van der Waals surface area contributed by atoms with Crippen molar-refractivity contribution in [2.45, 2.75) is 6.61 Å². The van der Waals surface area contributed by atoms with Crippen LogP contribution in [0.4, 0.5) is 8.78 Å². The normalized spacial score (nSPS) is 11.6. The fourth-order valence-electron chi connectivity index (χ4n) is 2.25. The molecule has 0 saturated heterocycles. The number of rotatable bonds is 4. The Morgan fingerprint density at radius 3 is 2.40 bits per heavy atom. The Labute approximate surface area is 152 Å². The number of halogens is 4. The molecule has 0 aliphatic rings. The molecule has 25 heavy (non-hydrogen) atoms. The van der Waals surface area contributed by atoms with Crippen LogP contribution < -0.4 is 4.74 Å². The lowest BCUT2D eigenvalue weighted by Crippen LogP contribution is -2.01. The van der Waals surface area contributed by atoms with E-state index in [1.807, 2.05) is 0 Å². The molecular formula is C18H11Cl2F2NO2. The van der Waals surface area contributed by atoms with Crippen molar-refractivity contribution in [2.75, 3.05) is 0 Å². The van der Waals surface area contributed by atoms with Gasteiger partial charge in [0.15, 0.2) is 5.75 Å². The van der Waals surface area contributed by atoms with Crippen LogP contribution in [0.15, 0.2) is 42.5 Å². The predicted molar refractivity (Wildman–Crippen MR) is 95.4 cm³/mol. The van der Waals surface area contributed by atoms with Crippen LogP contribution >= 0.6 is 23.2 Å². The van der Waals surface area contributed by atoms with E-state index in [2.05, 4.69) is 9.72 Å². The molecule has 0 aliphatic carbocycles. The molecule has 1 aromatic heterocycles. The van der Waals surface area contributed by atoms with Gasteiger partial charge in [-0.25, -0.2) is 4.98 Å². The van der Waals surface area contributed by atoms with Gasteiger partial charge in [0.2, 0.25) is 0 Å². The van der Waals surface area contributed by atoms with Gasteiger partial charge in [-0.05, 0) is 42.0 Å². The Kier molecular flexibility index (Phi) is 5.06. The van der Waals surface area contributed by atoms with Crippen molar-refractivity contribution in [2.24, 2.45) is 0 Å². The Balaban J connectivity index is 1.87. The molecule has 128 valence electrons. The van der Waals surface area contributed by atoms with E-state index in [0.29, 0.717) is 21.6 Å². The molecule has 1 N–H and O–H groups in total. The van der Waals surface area contributed by atoms with Crippen molar-refractivity contribution in [3.8, 4) is 11.5 Å². The SMILES string of the molecule is Oc1c(Cl)cc(Cl)c2ccc(C=Cc3ccc(OC(F)F)cc3)nc12. The summed E-state index contributed by atoms with van der Waals surface area (Å²) < 4.78 is 28.5. The van der Waals surface area contributed by atoms with Gasteiger partial charge < -0.3 is 9.84 Å². The first kappa shape index (κ1) is 17.5. The van der Waals surface area contributed by atoms with Crippen molar-refractivity contribution >= 4 is 46.3 Å². The van der Waals surface area contributed by atoms with Gasteiger partial charge in [0, 0.05) is 5.39 Å². The van der Waals surface area contributed by atoms with Crippen molar-refractivity contribution in [1.29, 1.82) is 0 Å². The predicted octanol–water partition coefficient (Wildman–Crippen LogP) is 6.02. The monoisotopic (exact) mass is 381 g/mol. The average molecular weight is 382 g/mol. The number of nitrogens with zero attached hydrogens (tertiary/aromatic N) is 1. The van der Waals surface area contributed by atoms with Gasteiger partial charge in [-0.2, -0.15) is 8.78 Å². The average Bonchev–Trinajstić information content (AvgIpc) is 2.58. The summed E-state index contributed by atoms with van der Waals surface area (Å²) in [5.74, 6) is -0.0463. The lowest BCUT2D eigenvalue weighted by Gasteiger charge is -2.06. The van der Waals surface area contributed by atoms with Crippen LogP contribution in [0.25, 0.3) is 23.1 Å². The van der Waals surface area contributed by atoms with Crippen molar-refractivity contribution in [3.63, 3.8) is 0 Å². The van der Waals surface area contributed by atoms with E-state index in [-0.39, 0.29) is 16.5 Å². The molecule has 1 heterocycles. The first-order valence-electron chi connectivity index (χ1n) is 7.15. The fraction of sp³-hybridized carbons (Fsp3) is 0.0556. The smallest absolute Gasteiger partial charge is 0.387 e. The minimum Gasteiger partial charge on any atom is -0.504 e. The number of pyridine rings is 1. The van der Waals surface area contributed by atoms with E-state index in [1.165, 1.54) is 18.2 Å². The number of hydrogen-bond acceptors (Lipinski definition) is 3. The van der Waals surface area contributed by atoms with E-state index >= 15 is 0 Å². The fourth-order valence-corrected chi connectivity index (χ4v) is 2.77. The van der Waals surface area contributed by atoms with Crippen LogP contribution in [0.3, 0.4) is 0 Å². The number of phenolic OH excluding ortho intramolecular Hbond substituents is 1. The maximum absolute atomic E-state index is 12.1. The summed E-state index contributed by atoms with van der Waals surface area (Å²) in [6, 6.07) is 11.1. The molecule has 0 unspecified atom stereocenters. The molecule has 0 amide bonds. The van der Waals surface area contributed by atoms with Gasteiger partial charge in [-0.3, -0.25) is 0 Å². The molecule has 0 bridgehead atoms. The summed E-state index contributed by atoms with van der Waals surface area (Å²) in [5, 5.41) is 11.2. The number of phenols is 1. The molecule has 0 radical (unpaired) electrons. The second-order valence-corrected chi connectivity index (χ2v) is 5.92. The molecular weight excluding hydrogens is 371 g/mol. The number of ether oxygens (including phenoxy) is 1. The lowest BCUT2D eigenvalue weighted by atomic mass is 10.1. The third-order valence-corrected chi connectivity index (χ3v) is 4.03. The summed E-state index contributed by atoms with van der Waals surface area (Å²) in [5.41, 5.74) is 1.66. The molecule has 2 aromatic carbocycles. The van der Waals surface area contributed by atoms with Crippen LogP contribution in [0.2, 0.25) is 10.0 Å². The molecule has 7 heteroatoms. The second-order valence-electron chi connectivity index (χ2n) is 5.10. The summed E-state index contributed by atoms with van der Waals surface area (Å²) in [6.45, 7) is -2.85. The minimum absolute atomic E-state index is 0.0881. The summed E-state index contributed by atoms with van der Waals surface area (Å²) in [4.78, 5) is 4.34. The number of aromatic hydroxyl groups is 1. The highest BCUT2D eigenvalue weighted by Crippen LogP contribution is 2.36. The molecule has 3 nitrogen and oxygen atoms in total. The summed E-state index contributed by atoms with van der Waals surface area (Å²) in [7, 11) is 0. The van der Waals surface area contributed by atoms with Crippen LogP contribution in [0.5, 0.6) is 11.5 Å². The number of alkyl halides is 2. The molecule has 0 atom stereocenters. The van der Waals surface area contributed by atoms with Crippen molar-refractivity contribution < 1.29 is 18.6 Å². The van der Waals surface area contributed by atoms with Crippen LogP contribution in [0, 0.1) is 0 Å². The largest absolute Gasteiger partial charge is 0.504 e. The van der Waals surface area contributed by atoms with Crippen LogP contribution in [-0.2, 0) is 0 Å². The second kappa shape index (κ2) is 7.25. The van der Waals surface area contributed by atoms with E-state index in [1.54, 1.807) is 36.4 Å². The van der Waals surface area contributed by atoms with Gasteiger partial charge in [-0.1, -0.05) is 41.4 Å².